The molecule has 1 nitrogen and oxygen atoms in total. The van der Waals surface area contributed by atoms with Gasteiger partial charge in [-0.15, -0.1) is 11.6 Å². The van der Waals surface area contributed by atoms with Crippen molar-refractivity contribution >= 4 is 34.6 Å². The second-order valence-electron chi connectivity index (χ2n) is 4.96. The van der Waals surface area contributed by atoms with E-state index in [0.29, 0.717) is 11.9 Å². The van der Waals surface area contributed by atoms with E-state index >= 15 is 0 Å². The maximum Gasteiger partial charge on any atom is 0.0494 e. The first-order chi connectivity index (χ1) is 9.20. The van der Waals surface area contributed by atoms with Crippen molar-refractivity contribution in [3.63, 3.8) is 0 Å². The topological polar surface area (TPSA) is 3.24 Å². The summed E-state index contributed by atoms with van der Waals surface area (Å²) in [5.41, 5.74) is 4.90. The van der Waals surface area contributed by atoms with Gasteiger partial charge in [0.25, 0.3) is 0 Å². The normalized spacial score (nSPS) is 17.6. The predicted molar refractivity (Wildman–Crippen MR) is 82.8 cm³/mol. The van der Waals surface area contributed by atoms with Gasteiger partial charge in [-0.1, -0.05) is 35.9 Å². The number of para-hydroxylation sites is 1. The number of anilines is 2. The molecule has 0 saturated carbocycles. The van der Waals surface area contributed by atoms with Crippen LogP contribution in [-0.4, -0.2) is 6.04 Å². The average Bonchev–Trinajstić information content (AvgIpc) is 2.74. The van der Waals surface area contributed by atoms with E-state index in [1.165, 1.54) is 11.3 Å². The maximum absolute atomic E-state index is 6.16. The number of hydrogen-bond donors (Lipinski definition) is 0. The van der Waals surface area contributed by atoms with Crippen molar-refractivity contribution in [2.24, 2.45) is 0 Å². The van der Waals surface area contributed by atoms with Crippen molar-refractivity contribution in [2.75, 3.05) is 4.90 Å². The molecule has 0 saturated heterocycles. The Morgan fingerprint density at radius 1 is 1.16 bits per heavy atom. The van der Waals surface area contributed by atoms with Gasteiger partial charge in [-0.05, 0) is 42.7 Å². The fourth-order valence-electron chi connectivity index (χ4n) is 2.81. The van der Waals surface area contributed by atoms with Crippen molar-refractivity contribution in [3.8, 4) is 0 Å². The molecule has 1 aliphatic heterocycles. The van der Waals surface area contributed by atoms with Gasteiger partial charge in [0, 0.05) is 28.3 Å². The lowest BCUT2D eigenvalue weighted by atomic mass is 10.1. The molecule has 1 heterocycles. The molecule has 1 aliphatic rings. The van der Waals surface area contributed by atoms with E-state index in [0.717, 1.165) is 22.7 Å². The fraction of sp³-hybridized carbons (Fsp3) is 0.250. The Labute approximate surface area is 123 Å². The molecular weight excluding hydrogens is 277 g/mol. The van der Waals surface area contributed by atoms with Crippen molar-refractivity contribution in [3.05, 3.63) is 58.6 Å². The minimum absolute atomic E-state index is 0.429. The zero-order valence-corrected chi connectivity index (χ0v) is 12.2. The molecule has 0 radical (unpaired) electrons. The number of hydrogen-bond acceptors (Lipinski definition) is 1. The number of halogens is 2. The van der Waals surface area contributed by atoms with Crippen LogP contribution in [0, 0.1) is 0 Å². The first kappa shape index (κ1) is 12.8. The van der Waals surface area contributed by atoms with Crippen molar-refractivity contribution < 1.29 is 0 Å². The molecule has 0 aliphatic carbocycles. The van der Waals surface area contributed by atoms with Gasteiger partial charge < -0.3 is 4.90 Å². The summed E-state index contributed by atoms with van der Waals surface area (Å²) in [6.45, 7) is 2.24. The van der Waals surface area contributed by atoms with Crippen LogP contribution in [0.4, 0.5) is 11.4 Å². The van der Waals surface area contributed by atoms with E-state index in [1.54, 1.807) is 0 Å². The zero-order valence-electron chi connectivity index (χ0n) is 10.7. The molecule has 3 rings (SSSR count). The SMILES string of the molecule is CC1Cc2ccccc2N1c1cc(Cl)ccc1CCl. The van der Waals surface area contributed by atoms with Crippen LogP contribution in [0.15, 0.2) is 42.5 Å². The Balaban J connectivity index is 2.14. The Kier molecular flexibility index (Phi) is 3.42. The third kappa shape index (κ3) is 2.22. The molecule has 1 atom stereocenters. The van der Waals surface area contributed by atoms with Crippen LogP contribution in [0.2, 0.25) is 5.02 Å². The molecule has 0 aromatic heterocycles. The maximum atomic E-state index is 6.16. The van der Waals surface area contributed by atoms with Crippen molar-refractivity contribution in [1.29, 1.82) is 0 Å². The van der Waals surface area contributed by atoms with Crippen LogP contribution in [-0.2, 0) is 12.3 Å². The second-order valence-corrected chi connectivity index (χ2v) is 5.66. The Bertz CT molecular complexity index is 609. The largest absolute Gasteiger partial charge is 0.338 e. The summed E-state index contributed by atoms with van der Waals surface area (Å²) in [5, 5.41) is 0.750. The highest BCUT2D eigenvalue weighted by atomic mass is 35.5. The first-order valence-electron chi connectivity index (χ1n) is 6.42. The molecule has 0 amide bonds. The van der Waals surface area contributed by atoms with Crippen LogP contribution < -0.4 is 4.90 Å². The molecule has 3 heteroatoms. The van der Waals surface area contributed by atoms with Gasteiger partial charge in [-0.25, -0.2) is 0 Å². The summed E-state index contributed by atoms with van der Waals surface area (Å²) in [5.74, 6) is 0.498. The molecule has 2 aromatic carbocycles. The van der Waals surface area contributed by atoms with E-state index in [1.807, 2.05) is 18.2 Å². The van der Waals surface area contributed by atoms with Crippen molar-refractivity contribution in [2.45, 2.75) is 25.3 Å². The Morgan fingerprint density at radius 2 is 1.95 bits per heavy atom. The van der Waals surface area contributed by atoms with Gasteiger partial charge in [-0.2, -0.15) is 0 Å². The Morgan fingerprint density at radius 3 is 2.74 bits per heavy atom. The summed E-state index contributed by atoms with van der Waals surface area (Å²) < 4.78 is 0. The van der Waals surface area contributed by atoms with Crippen LogP contribution >= 0.6 is 23.2 Å². The lowest BCUT2D eigenvalue weighted by molar-refractivity contribution is 0.757. The standard InChI is InChI=1S/C16H15Cl2N/c1-11-8-12-4-2-3-5-15(12)19(11)16-9-14(18)7-6-13(16)10-17/h2-7,9,11H,8,10H2,1H3. The van der Waals surface area contributed by atoms with Crippen LogP contribution in [0.25, 0.3) is 0 Å². The minimum atomic E-state index is 0.429. The van der Waals surface area contributed by atoms with Crippen molar-refractivity contribution in [1.82, 2.24) is 0 Å². The van der Waals surface area contributed by atoms with Gasteiger partial charge in [0.2, 0.25) is 0 Å². The summed E-state index contributed by atoms with van der Waals surface area (Å²) in [6.07, 6.45) is 1.06. The molecule has 0 spiro atoms. The van der Waals surface area contributed by atoms with E-state index in [2.05, 4.69) is 36.1 Å². The fourth-order valence-corrected chi connectivity index (χ4v) is 3.20. The third-order valence-corrected chi connectivity index (χ3v) is 4.18. The van der Waals surface area contributed by atoms with E-state index in [4.69, 9.17) is 23.2 Å². The molecule has 0 fully saturated rings. The lowest BCUT2D eigenvalue weighted by Crippen LogP contribution is -2.24. The van der Waals surface area contributed by atoms with E-state index in [9.17, 15) is 0 Å². The van der Waals surface area contributed by atoms with Gasteiger partial charge >= 0.3 is 0 Å². The van der Waals surface area contributed by atoms with Gasteiger partial charge in [0.05, 0.1) is 0 Å². The molecule has 19 heavy (non-hydrogen) atoms. The summed E-state index contributed by atoms with van der Waals surface area (Å²) in [4.78, 5) is 2.35. The van der Waals surface area contributed by atoms with E-state index < -0.39 is 0 Å². The van der Waals surface area contributed by atoms with Gasteiger partial charge in [0.1, 0.15) is 0 Å². The van der Waals surface area contributed by atoms with Gasteiger partial charge in [-0.3, -0.25) is 0 Å². The molecule has 0 bridgehead atoms. The molecule has 1 unspecified atom stereocenters. The number of fused-ring (bicyclic) bond motifs is 1. The smallest absolute Gasteiger partial charge is 0.0494 e. The van der Waals surface area contributed by atoms with E-state index in [-0.39, 0.29) is 0 Å². The molecule has 98 valence electrons. The Hall–Kier alpha value is -1.18. The molecular formula is C16H15Cl2N. The third-order valence-electron chi connectivity index (χ3n) is 3.66. The zero-order chi connectivity index (χ0) is 13.4. The van der Waals surface area contributed by atoms with Crippen LogP contribution in [0.5, 0.6) is 0 Å². The highest BCUT2D eigenvalue weighted by Gasteiger charge is 2.28. The average molecular weight is 292 g/mol. The quantitative estimate of drug-likeness (QED) is 0.691. The first-order valence-corrected chi connectivity index (χ1v) is 7.33. The predicted octanol–water partition coefficient (Wildman–Crippen LogP) is 5.16. The summed E-state index contributed by atoms with van der Waals surface area (Å²) in [6, 6.07) is 14.9. The number of alkyl halides is 1. The number of benzene rings is 2. The second kappa shape index (κ2) is 5.07. The molecule has 0 N–H and O–H groups in total. The van der Waals surface area contributed by atoms with Gasteiger partial charge in [0.15, 0.2) is 0 Å². The lowest BCUT2D eigenvalue weighted by Gasteiger charge is -2.27. The monoisotopic (exact) mass is 291 g/mol. The highest BCUT2D eigenvalue weighted by molar-refractivity contribution is 6.31. The minimum Gasteiger partial charge on any atom is -0.338 e. The van der Waals surface area contributed by atoms with Crippen LogP contribution in [0.1, 0.15) is 18.1 Å². The summed E-state index contributed by atoms with van der Waals surface area (Å²) >= 11 is 12.2. The number of rotatable bonds is 2. The van der Waals surface area contributed by atoms with Crippen LogP contribution in [0.3, 0.4) is 0 Å². The molecule has 2 aromatic rings. The number of nitrogens with zero attached hydrogens (tertiary/aromatic N) is 1. The highest BCUT2D eigenvalue weighted by Crippen LogP contribution is 2.40. The summed E-state index contributed by atoms with van der Waals surface area (Å²) in [7, 11) is 0.